The maximum atomic E-state index is 12.2. The van der Waals surface area contributed by atoms with Gasteiger partial charge >= 0.3 is 0 Å². The van der Waals surface area contributed by atoms with E-state index in [1.54, 1.807) is 24.3 Å². The first kappa shape index (κ1) is 14.3. The minimum Gasteiger partial charge on any atom is -0.405 e. The smallest absolute Gasteiger partial charge is 0.244 e. The van der Waals surface area contributed by atoms with Crippen molar-refractivity contribution in [2.75, 3.05) is 5.32 Å². The summed E-state index contributed by atoms with van der Waals surface area (Å²) in [6.45, 7) is 0. The topological polar surface area (TPSA) is 105 Å². The zero-order valence-electron chi connectivity index (χ0n) is 11.4. The van der Waals surface area contributed by atoms with Crippen LogP contribution < -0.4 is 16.8 Å². The van der Waals surface area contributed by atoms with Crippen LogP contribution in [0, 0.1) is 5.41 Å². The second kappa shape index (κ2) is 5.88. The molecule has 1 aliphatic rings. The fourth-order valence-corrected chi connectivity index (χ4v) is 2.41. The van der Waals surface area contributed by atoms with Crippen molar-refractivity contribution in [3.05, 3.63) is 42.1 Å². The molecule has 0 aliphatic heterocycles. The van der Waals surface area contributed by atoms with Crippen molar-refractivity contribution < 1.29 is 4.79 Å². The third-order valence-corrected chi connectivity index (χ3v) is 3.66. The van der Waals surface area contributed by atoms with E-state index < -0.39 is 5.54 Å². The third kappa shape index (κ3) is 3.05. The van der Waals surface area contributed by atoms with Gasteiger partial charge in [0.1, 0.15) is 0 Å². The highest BCUT2D eigenvalue weighted by atomic mass is 16.2. The van der Waals surface area contributed by atoms with Gasteiger partial charge in [-0.1, -0.05) is 25.0 Å². The van der Waals surface area contributed by atoms with Gasteiger partial charge in [0, 0.05) is 5.69 Å². The average Bonchev–Trinajstić information content (AvgIpc) is 2.88. The third-order valence-electron chi connectivity index (χ3n) is 3.66. The molecular formula is C15H20N4O. The van der Waals surface area contributed by atoms with Crippen LogP contribution in [0.3, 0.4) is 0 Å². The van der Waals surface area contributed by atoms with Crippen LogP contribution in [0.4, 0.5) is 5.69 Å². The Morgan fingerprint density at radius 2 is 1.85 bits per heavy atom. The van der Waals surface area contributed by atoms with E-state index in [0.29, 0.717) is 11.4 Å². The molecule has 5 heteroatoms. The SMILES string of the molecule is N=C(C=CN)c1ccc(NC(=O)C2(N)CCCC2)cc1. The van der Waals surface area contributed by atoms with Gasteiger partial charge in [0.25, 0.3) is 0 Å². The molecule has 5 nitrogen and oxygen atoms in total. The fourth-order valence-electron chi connectivity index (χ4n) is 2.41. The lowest BCUT2D eigenvalue weighted by Crippen LogP contribution is -2.48. The van der Waals surface area contributed by atoms with Gasteiger partial charge in [-0.3, -0.25) is 4.79 Å². The van der Waals surface area contributed by atoms with Crippen molar-refractivity contribution in [2.45, 2.75) is 31.2 Å². The number of amides is 1. The maximum absolute atomic E-state index is 12.2. The van der Waals surface area contributed by atoms with Crippen LogP contribution in [0.15, 0.2) is 36.5 Å². The van der Waals surface area contributed by atoms with Crippen LogP contribution in [-0.2, 0) is 4.79 Å². The molecule has 1 fully saturated rings. The zero-order valence-corrected chi connectivity index (χ0v) is 11.4. The van der Waals surface area contributed by atoms with Crippen molar-refractivity contribution in [1.82, 2.24) is 0 Å². The summed E-state index contributed by atoms with van der Waals surface area (Å²) in [5.41, 5.74) is 12.4. The van der Waals surface area contributed by atoms with E-state index in [0.717, 1.165) is 31.2 Å². The first-order valence-electron chi connectivity index (χ1n) is 6.73. The number of nitrogens with two attached hydrogens (primary N) is 2. The van der Waals surface area contributed by atoms with Gasteiger partial charge in [-0.05, 0) is 42.8 Å². The molecule has 0 heterocycles. The summed E-state index contributed by atoms with van der Waals surface area (Å²) in [6, 6.07) is 7.08. The van der Waals surface area contributed by atoms with Gasteiger partial charge in [-0.25, -0.2) is 0 Å². The number of hydrogen-bond donors (Lipinski definition) is 4. The Bertz CT molecular complexity index is 527. The van der Waals surface area contributed by atoms with Gasteiger partial charge in [0.05, 0.1) is 11.3 Å². The first-order chi connectivity index (χ1) is 9.55. The molecule has 1 aromatic rings. The van der Waals surface area contributed by atoms with Crippen molar-refractivity contribution >= 4 is 17.3 Å². The number of allylic oxidation sites excluding steroid dienone is 1. The van der Waals surface area contributed by atoms with Gasteiger partial charge < -0.3 is 22.2 Å². The summed E-state index contributed by atoms with van der Waals surface area (Å²) in [6.07, 6.45) is 6.33. The number of rotatable bonds is 4. The lowest BCUT2D eigenvalue weighted by Gasteiger charge is -2.22. The Hall–Kier alpha value is -2.14. The second-order valence-electron chi connectivity index (χ2n) is 5.17. The predicted molar refractivity (Wildman–Crippen MR) is 80.6 cm³/mol. The fraction of sp³-hybridized carbons (Fsp3) is 0.333. The molecule has 1 amide bonds. The molecular weight excluding hydrogens is 252 g/mol. The number of benzene rings is 1. The average molecular weight is 272 g/mol. The van der Waals surface area contributed by atoms with Crippen LogP contribution in [0.5, 0.6) is 0 Å². The molecule has 20 heavy (non-hydrogen) atoms. The summed E-state index contributed by atoms with van der Waals surface area (Å²) in [5, 5.41) is 10.6. The lowest BCUT2D eigenvalue weighted by molar-refractivity contribution is -0.121. The van der Waals surface area contributed by atoms with E-state index in [1.165, 1.54) is 12.3 Å². The van der Waals surface area contributed by atoms with Crippen LogP contribution in [-0.4, -0.2) is 17.2 Å². The molecule has 1 aromatic carbocycles. The summed E-state index contributed by atoms with van der Waals surface area (Å²) in [7, 11) is 0. The van der Waals surface area contributed by atoms with Crippen molar-refractivity contribution in [1.29, 1.82) is 5.41 Å². The normalized spacial score (nSPS) is 17.2. The molecule has 1 aliphatic carbocycles. The summed E-state index contributed by atoms with van der Waals surface area (Å²) in [4.78, 5) is 12.2. The molecule has 106 valence electrons. The monoisotopic (exact) mass is 272 g/mol. The van der Waals surface area contributed by atoms with Gasteiger partial charge in [-0.15, -0.1) is 0 Å². The molecule has 0 spiro atoms. The molecule has 0 saturated heterocycles. The molecule has 0 radical (unpaired) electrons. The van der Waals surface area contributed by atoms with E-state index in [2.05, 4.69) is 5.32 Å². The standard InChI is InChI=1S/C15H20N4O/c16-10-7-13(17)11-3-5-12(6-4-11)19-14(20)15(18)8-1-2-9-15/h3-7,10,17H,1-2,8-9,16,18H2,(H,19,20). The predicted octanol–water partition coefficient (Wildman–Crippen LogP) is 1.74. The van der Waals surface area contributed by atoms with Gasteiger partial charge in [0.15, 0.2) is 0 Å². The minimum absolute atomic E-state index is 0.125. The summed E-state index contributed by atoms with van der Waals surface area (Å²) in [5.74, 6) is -0.125. The zero-order chi connectivity index (χ0) is 14.6. The van der Waals surface area contributed by atoms with Crippen molar-refractivity contribution in [2.24, 2.45) is 11.5 Å². The van der Waals surface area contributed by atoms with Crippen molar-refractivity contribution in [3.63, 3.8) is 0 Å². The lowest BCUT2D eigenvalue weighted by atomic mass is 9.98. The highest BCUT2D eigenvalue weighted by Gasteiger charge is 2.36. The molecule has 0 unspecified atom stereocenters. The molecule has 1 saturated carbocycles. The van der Waals surface area contributed by atoms with Crippen molar-refractivity contribution in [3.8, 4) is 0 Å². The number of nitrogens with one attached hydrogen (secondary N) is 2. The van der Waals surface area contributed by atoms with Crippen LogP contribution in [0.25, 0.3) is 0 Å². The van der Waals surface area contributed by atoms with Gasteiger partial charge in [0.2, 0.25) is 5.91 Å². The second-order valence-corrected chi connectivity index (χ2v) is 5.17. The minimum atomic E-state index is -0.729. The molecule has 0 bridgehead atoms. The number of hydrogen-bond acceptors (Lipinski definition) is 4. The van der Waals surface area contributed by atoms with E-state index >= 15 is 0 Å². The van der Waals surface area contributed by atoms with Crippen LogP contribution in [0.1, 0.15) is 31.2 Å². The molecule has 0 aromatic heterocycles. The highest BCUT2D eigenvalue weighted by Crippen LogP contribution is 2.28. The highest BCUT2D eigenvalue weighted by molar-refractivity contribution is 6.06. The Morgan fingerprint density at radius 3 is 2.40 bits per heavy atom. The molecule has 0 atom stereocenters. The molecule has 6 N–H and O–H groups in total. The van der Waals surface area contributed by atoms with E-state index in [4.69, 9.17) is 16.9 Å². The number of anilines is 1. The quantitative estimate of drug-likeness (QED) is 0.627. The number of carbonyl (C=O) groups is 1. The van der Waals surface area contributed by atoms with E-state index in [1.807, 2.05) is 0 Å². The van der Waals surface area contributed by atoms with E-state index in [-0.39, 0.29) is 5.91 Å². The van der Waals surface area contributed by atoms with Gasteiger partial charge in [-0.2, -0.15) is 0 Å². The Labute approximate surface area is 118 Å². The van der Waals surface area contributed by atoms with E-state index in [9.17, 15) is 4.79 Å². The summed E-state index contributed by atoms with van der Waals surface area (Å²) >= 11 is 0. The maximum Gasteiger partial charge on any atom is 0.244 e. The first-order valence-corrected chi connectivity index (χ1v) is 6.73. The van der Waals surface area contributed by atoms with Crippen LogP contribution >= 0.6 is 0 Å². The molecule has 2 rings (SSSR count). The Morgan fingerprint density at radius 1 is 1.25 bits per heavy atom. The van der Waals surface area contributed by atoms with Crippen LogP contribution in [0.2, 0.25) is 0 Å². The Kier molecular flexibility index (Phi) is 4.20. The summed E-state index contributed by atoms with van der Waals surface area (Å²) < 4.78 is 0. The largest absolute Gasteiger partial charge is 0.405 e. The number of carbonyl (C=O) groups excluding carboxylic acids is 1. The Balaban J connectivity index is 2.04.